The molecule has 0 aliphatic heterocycles. The van der Waals surface area contributed by atoms with Gasteiger partial charge in [-0.1, -0.05) is 31.6 Å². The number of aliphatic hydroxyl groups excluding tert-OH is 2. The molecule has 0 saturated carbocycles. The number of hydrogen-bond donors (Lipinski definition) is 2. The molecular weight excluding hydrogens is 319 g/mol. The van der Waals surface area contributed by atoms with Crippen LogP contribution in [-0.4, -0.2) is 41.9 Å². The summed E-state index contributed by atoms with van der Waals surface area (Å²) in [5.41, 5.74) is 0.867. The first-order valence-corrected chi connectivity index (χ1v) is 8.47. The molecule has 0 amide bonds. The van der Waals surface area contributed by atoms with Gasteiger partial charge >= 0.3 is 0 Å². The maximum absolute atomic E-state index is 13.4. The minimum Gasteiger partial charge on any atom is -0.392 e. The Labute approximate surface area is 148 Å². The van der Waals surface area contributed by atoms with Gasteiger partial charge in [0.15, 0.2) is 0 Å². The number of benzene rings is 1. The number of aliphatic hydroxyl groups is 2. The van der Waals surface area contributed by atoms with E-state index >= 15 is 0 Å². The molecule has 0 bridgehead atoms. The molecule has 0 fully saturated rings. The molecule has 1 aromatic rings. The van der Waals surface area contributed by atoms with Crippen molar-refractivity contribution in [2.45, 2.75) is 31.3 Å². The number of hydrogen-bond acceptors (Lipinski definition) is 4. The molecular formula is C20H25FN2O2. The van der Waals surface area contributed by atoms with Crippen molar-refractivity contribution in [3.63, 3.8) is 0 Å². The van der Waals surface area contributed by atoms with E-state index < -0.39 is 17.4 Å². The average molecular weight is 344 g/mol. The topological polar surface area (TPSA) is 67.5 Å². The minimum absolute atomic E-state index is 0.256. The number of rotatable bonds is 6. The van der Waals surface area contributed by atoms with Gasteiger partial charge in [0.25, 0.3) is 0 Å². The number of likely N-dealkylation sites (N-methyl/N-ethyl adjacent to an activating group) is 1. The molecule has 1 aliphatic rings. The predicted octanol–water partition coefficient (Wildman–Crippen LogP) is 2.74. The zero-order valence-electron chi connectivity index (χ0n) is 14.9. The predicted molar refractivity (Wildman–Crippen MR) is 95.0 cm³/mol. The van der Waals surface area contributed by atoms with Crippen LogP contribution in [0.5, 0.6) is 0 Å². The highest BCUT2D eigenvalue weighted by Gasteiger charge is 2.47. The third-order valence-electron chi connectivity index (χ3n) is 4.83. The highest BCUT2D eigenvalue weighted by atomic mass is 19.1. The van der Waals surface area contributed by atoms with E-state index in [-0.39, 0.29) is 12.4 Å². The standard InChI is InChI=1S/C20H25FN2O2/c1-4-5-18(25)19-16(12-24)17(23(2)3)10-11-20(19,13-22)14-6-8-15(21)9-7-14/h6-11,18-19,24-25H,4-5,12H2,1-3H3/t18?,19?,20-/m1/s1. The Bertz CT molecular complexity index is 703. The molecule has 2 unspecified atom stereocenters. The van der Waals surface area contributed by atoms with Gasteiger partial charge in [0.05, 0.1) is 18.8 Å². The van der Waals surface area contributed by atoms with Crippen molar-refractivity contribution in [3.05, 3.63) is 59.1 Å². The molecule has 134 valence electrons. The number of allylic oxidation sites excluding steroid dienone is 2. The summed E-state index contributed by atoms with van der Waals surface area (Å²) in [6.07, 6.45) is 4.03. The van der Waals surface area contributed by atoms with Crippen molar-refractivity contribution < 1.29 is 14.6 Å². The summed E-state index contributed by atoms with van der Waals surface area (Å²) in [5, 5.41) is 30.9. The first-order valence-electron chi connectivity index (χ1n) is 8.47. The molecule has 4 nitrogen and oxygen atoms in total. The number of nitrogens with zero attached hydrogens (tertiary/aromatic N) is 2. The molecule has 0 spiro atoms. The van der Waals surface area contributed by atoms with Crippen LogP contribution in [0.1, 0.15) is 25.3 Å². The lowest BCUT2D eigenvalue weighted by Gasteiger charge is -2.41. The third-order valence-corrected chi connectivity index (χ3v) is 4.83. The van der Waals surface area contributed by atoms with Gasteiger partial charge in [-0.2, -0.15) is 5.26 Å². The lowest BCUT2D eigenvalue weighted by atomic mass is 9.63. The van der Waals surface area contributed by atoms with Crippen molar-refractivity contribution in [2.75, 3.05) is 20.7 Å². The van der Waals surface area contributed by atoms with Gasteiger partial charge in [-0.3, -0.25) is 0 Å². The lowest BCUT2D eigenvalue weighted by Crippen LogP contribution is -2.44. The highest BCUT2D eigenvalue weighted by molar-refractivity contribution is 5.50. The summed E-state index contributed by atoms with van der Waals surface area (Å²) in [5.74, 6) is -0.982. The van der Waals surface area contributed by atoms with Crippen LogP contribution in [0.3, 0.4) is 0 Å². The Balaban J connectivity index is 2.68. The number of nitriles is 1. The van der Waals surface area contributed by atoms with Gasteiger partial charge in [0.1, 0.15) is 11.2 Å². The first-order chi connectivity index (χ1) is 11.9. The maximum Gasteiger partial charge on any atom is 0.123 e. The van der Waals surface area contributed by atoms with E-state index in [1.54, 1.807) is 24.3 Å². The molecule has 1 aromatic carbocycles. The smallest absolute Gasteiger partial charge is 0.123 e. The molecule has 0 saturated heterocycles. The quantitative estimate of drug-likeness (QED) is 0.833. The summed E-state index contributed by atoms with van der Waals surface area (Å²) in [7, 11) is 3.71. The summed E-state index contributed by atoms with van der Waals surface area (Å²) in [4.78, 5) is 1.86. The van der Waals surface area contributed by atoms with Gasteiger partial charge < -0.3 is 15.1 Å². The molecule has 2 N–H and O–H groups in total. The summed E-state index contributed by atoms with van der Waals surface area (Å²) >= 11 is 0. The van der Waals surface area contributed by atoms with E-state index in [4.69, 9.17) is 0 Å². The minimum atomic E-state index is -1.15. The first kappa shape index (κ1) is 19.2. The van der Waals surface area contributed by atoms with Crippen LogP contribution in [0, 0.1) is 23.1 Å². The second-order valence-corrected chi connectivity index (χ2v) is 6.62. The summed E-state index contributed by atoms with van der Waals surface area (Å²) < 4.78 is 13.4. The Morgan fingerprint density at radius 2 is 1.96 bits per heavy atom. The average Bonchev–Trinajstić information content (AvgIpc) is 2.60. The van der Waals surface area contributed by atoms with Crippen molar-refractivity contribution in [1.82, 2.24) is 4.90 Å². The molecule has 0 radical (unpaired) electrons. The van der Waals surface area contributed by atoms with Crippen LogP contribution in [0.2, 0.25) is 0 Å². The fraction of sp³-hybridized carbons (Fsp3) is 0.450. The van der Waals surface area contributed by atoms with E-state index in [1.807, 2.05) is 25.9 Å². The molecule has 5 heteroatoms. The molecule has 25 heavy (non-hydrogen) atoms. The SMILES string of the molecule is CCCC(O)C1C(CO)=C(N(C)C)C=C[C@@]1(C#N)c1ccc(F)cc1. The molecule has 0 heterocycles. The molecule has 3 atom stereocenters. The van der Waals surface area contributed by atoms with E-state index in [1.165, 1.54) is 12.1 Å². The highest BCUT2D eigenvalue weighted by Crippen LogP contribution is 2.45. The van der Waals surface area contributed by atoms with Gasteiger partial charge in [-0.05, 0) is 35.8 Å². The van der Waals surface area contributed by atoms with Crippen molar-refractivity contribution in [2.24, 2.45) is 5.92 Å². The molecule has 2 rings (SSSR count). The Kier molecular flexibility index (Phi) is 5.99. The largest absolute Gasteiger partial charge is 0.392 e. The Morgan fingerprint density at radius 1 is 1.32 bits per heavy atom. The van der Waals surface area contributed by atoms with Crippen LogP contribution >= 0.6 is 0 Å². The second kappa shape index (κ2) is 7.81. The fourth-order valence-corrected chi connectivity index (χ4v) is 3.64. The third kappa shape index (κ3) is 3.46. The maximum atomic E-state index is 13.4. The van der Waals surface area contributed by atoms with E-state index in [0.717, 1.165) is 12.1 Å². The van der Waals surface area contributed by atoms with Gasteiger partial charge in [-0.25, -0.2) is 4.39 Å². The molecule has 1 aliphatic carbocycles. The second-order valence-electron chi connectivity index (χ2n) is 6.62. The van der Waals surface area contributed by atoms with E-state index in [9.17, 15) is 19.9 Å². The summed E-state index contributed by atoms with van der Waals surface area (Å²) in [6.45, 7) is 1.71. The van der Waals surface area contributed by atoms with Crippen molar-refractivity contribution >= 4 is 0 Å². The zero-order valence-corrected chi connectivity index (χ0v) is 14.9. The fourth-order valence-electron chi connectivity index (χ4n) is 3.64. The Hall–Kier alpha value is -2.16. The van der Waals surface area contributed by atoms with Crippen LogP contribution in [0.25, 0.3) is 0 Å². The van der Waals surface area contributed by atoms with Gasteiger partial charge in [-0.15, -0.1) is 0 Å². The summed E-state index contributed by atoms with van der Waals surface area (Å²) in [6, 6.07) is 8.11. The van der Waals surface area contributed by atoms with Crippen LogP contribution in [-0.2, 0) is 5.41 Å². The van der Waals surface area contributed by atoms with Crippen LogP contribution in [0.4, 0.5) is 4.39 Å². The van der Waals surface area contributed by atoms with Crippen molar-refractivity contribution in [1.29, 1.82) is 5.26 Å². The zero-order chi connectivity index (χ0) is 18.6. The van der Waals surface area contributed by atoms with E-state index in [2.05, 4.69) is 6.07 Å². The van der Waals surface area contributed by atoms with Gasteiger partial charge in [0.2, 0.25) is 0 Å². The molecule has 0 aromatic heterocycles. The van der Waals surface area contributed by atoms with Crippen LogP contribution in [0.15, 0.2) is 47.7 Å². The van der Waals surface area contributed by atoms with Crippen molar-refractivity contribution in [3.8, 4) is 6.07 Å². The normalized spacial score (nSPS) is 24.1. The number of halogens is 1. The van der Waals surface area contributed by atoms with E-state index in [0.29, 0.717) is 17.6 Å². The van der Waals surface area contributed by atoms with Gasteiger partial charge in [0, 0.05) is 25.7 Å². The Morgan fingerprint density at radius 3 is 2.44 bits per heavy atom. The van der Waals surface area contributed by atoms with Crippen LogP contribution < -0.4 is 0 Å². The monoisotopic (exact) mass is 344 g/mol. The lowest BCUT2D eigenvalue weighted by molar-refractivity contribution is 0.0850.